The second-order valence-electron chi connectivity index (χ2n) is 4.52. The quantitative estimate of drug-likeness (QED) is 0.871. The predicted molar refractivity (Wildman–Crippen MR) is 82.0 cm³/mol. The van der Waals surface area contributed by atoms with Crippen LogP contribution in [0.2, 0.25) is 0 Å². The Bertz CT molecular complexity index is 746. The summed E-state index contributed by atoms with van der Waals surface area (Å²) in [5.74, 6) is 0.572. The van der Waals surface area contributed by atoms with Crippen LogP contribution >= 0.6 is 0 Å². The molecular weight excluding hydrogens is 290 g/mol. The van der Waals surface area contributed by atoms with Gasteiger partial charge in [0, 0.05) is 18.9 Å². The van der Waals surface area contributed by atoms with E-state index in [1.807, 2.05) is 0 Å². The van der Waals surface area contributed by atoms with Crippen molar-refractivity contribution in [1.29, 1.82) is 0 Å². The Kier molecular flexibility index (Phi) is 4.04. The maximum absolute atomic E-state index is 12.7. The van der Waals surface area contributed by atoms with Crippen LogP contribution in [0.15, 0.2) is 41.4 Å². The standard InChI is InChI=1S/C14H17N3O3S/c1-10-8-12(20-3)13(9-11(10)15)21(18,19)17(2)14-6-4-5-7-16-14/h4-9H,15H2,1-3H3. The summed E-state index contributed by atoms with van der Waals surface area (Å²) >= 11 is 0. The summed E-state index contributed by atoms with van der Waals surface area (Å²) in [5, 5.41) is 0. The molecular formula is C14H17N3O3S. The third-order valence-corrected chi connectivity index (χ3v) is 4.95. The van der Waals surface area contributed by atoms with E-state index in [0.717, 1.165) is 9.87 Å². The molecule has 0 aliphatic rings. The highest BCUT2D eigenvalue weighted by atomic mass is 32.2. The number of pyridine rings is 1. The first kappa shape index (κ1) is 15.1. The van der Waals surface area contributed by atoms with Gasteiger partial charge in [-0.15, -0.1) is 0 Å². The minimum Gasteiger partial charge on any atom is -0.495 e. The molecule has 7 heteroatoms. The van der Waals surface area contributed by atoms with Gasteiger partial charge in [-0.05, 0) is 36.8 Å². The Morgan fingerprint density at radius 2 is 2.00 bits per heavy atom. The van der Waals surface area contributed by atoms with Crippen molar-refractivity contribution in [2.24, 2.45) is 0 Å². The van der Waals surface area contributed by atoms with Gasteiger partial charge >= 0.3 is 0 Å². The lowest BCUT2D eigenvalue weighted by Crippen LogP contribution is -2.27. The van der Waals surface area contributed by atoms with Gasteiger partial charge in [0.05, 0.1) is 7.11 Å². The maximum Gasteiger partial charge on any atom is 0.269 e. The van der Waals surface area contributed by atoms with Gasteiger partial charge in [-0.25, -0.2) is 13.4 Å². The Morgan fingerprint density at radius 3 is 2.57 bits per heavy atom. The zero-order chi connectivity index (χ0) is 15.6. The fourth-order valence-electron chi connectivity index (χ4n) is 1.85. The normalized spacial score (nSPS) is 11.2. The van der Waals surface area contributed by atoms with Crippen molar-refractivity contribution in [3.05, 3.63) is 42.1 Å². The molecule has 1 aromatic carbocycles. The fraction of sp³-hybridized carbons (Fsp3) is 0.214. The van der Waals surface area contributed by atoms with Crippen molar-refractivity contribution in [2.75, 3.05) is 24.2 Å². The first-order valence-electron chi connectivity index (χ1n) is 6.22. The van der Waals surface area contributed by atoms with E-state index in [0.29, 0.717) is 11.5 Å². The zero-order valence-corrected chi connectivity index (χ0v) is 12.9. The van der Waals surface area contributed by atoms with Crippen LogP contribution in [0.25, 0.3) is 0 Å². The highest BCUT2D eigenvalue weighted by molar-refractivity contribution is 7.92. The number of hydrogen-bond acceptors (Lipinski definition) is 5. The highest BCUT2D eigenvalue weighted by Gasteiger charge is 2.26. The molecule has 0 bridgehead atoms. The molecule has 2 rings (SSSR count). The van der Waals surface area contributed by atoms with E-state index in [9.17, 15) is 8.42 Å². The van der Waals surface area contributed by atoms with Gasteiger partial charge in [-0.3, -0.25) is 4.31 Å². The predicted octanol–water partition coefficient (Wildman–Crippen LogP) is 1.81. The molecule has 112 valence electrons. The average Bonchev–Trinajstić information content (AvgIpc) is 2.49. The summed E-state index contributed by atoms with van der Waals surface area (Å²) in [5.41, 5.74) is 6.97. The molecule has 6 nitrogen and oxygen atoms in total. The third-order valence-electron chi connectivity index (χ3n) is 3.16. The van der Waals surface area contributed by atoms with Crippen molar-refractivity contribution in [3.8, 4) is 5.75 Å². The Labute approximate surface area is 124 Å². The molecule has 0 atom stereocenters. The lowest BCUT2D eigenvalue weighted by atomic mass is 10.2. The molecule has 21 heavy (non-hydrogen) atoms. The van der Waals surface area contributed by atoms with Crippen molar-refractivity contribution < 1.29 is 13.2 Å². The largest absolute Gasteiger partial charge is 0.495 e. The number of benzene rings is 1. The summed E-state index contributed by atoms with van der Waals surface area (Å²) in [6.07, 6.45) is 1.53. The Hall–Kier alpha value is -2.28. The monoisotopic (exact) mass is 307 g/mol. The van der Waals surface area contributed by atoms with Gasteiger partial charge in [-0.1, -0.05) is 6.07 Å². The number of rotatable bonds is 4. The number of aromatic nitrogens is 1. The summed E-state index contributed by atoms with van der Waals surface area (Å²) in [6.45, 7) is 1.79. The average molecular weight is 307 g/mol. The molecule has 0 radical (unpaired) electrons. The molecule has 1 aromatic heterocycles. The van der Waals surface area contributed by atoms with Crippen molar-refractivity contribution >= 4 is 21.5 Å². The fourth-order valence-corrected chi connectivity index (χ4v) is 3.17. The van der Waals surface area contributed by atoms with Gasteiger partial charge in [0.2, 0.25) is 0 Å². The van der Waals surface area contributed by atoms with E-state index >= 15 is 0 Å². The molecule has 1 heterocycles. The first-order chi connectivity index (χ1) is 9.87. The van der Waals surface area contributed by atoms with Crippen LogP contribution in [-0.4, -0.2) is 27.6 Å². The van der Waals surface area contributed by atoms with Crippen molar-refractivity contribution in [3.63, 3.8) is 0 Å². The lowest BCUT2D eigenvalue weighted by Gasteiger charge is -2.20. The van der Waals surface area contributed by atoms with Gasteiger partial charge in [0.15, 0.2) is 0 Å². The maximum atomic E-state index is 12.7. The number of nitrogens with two attached hydrogens (primary N) is 1. The summed E-state index contributed by atoms with van der Waals surface area (Å²) < 4.78 is 31.7. The van der Waals surface area contributed by atoms with Crippen LogP contribution in [0.1, 0.15) is 5.56 Å². The number of aryl methyl sites for hydroxylation is 1. The molecule has 2 aromatic rings. The van der Waals surface area contributed by atoms with E-state index in [4.69, 9.17) is 10.5 Å². The smallest absolute Gasteiger partial charge is 0.269 e. The molecule has 0 aliphatic heterocycles. The van der Waals surface area contributed by atoms with Gasteiger partial charge in [-0.2, -0.15) is 0 Å². The number of ether oxygens (including phenoxy) is 1. The van der Waals surface area contributed by atoms with E-state index in [2.05, 4.69) is 4.98 Å². The molecule has 0 spiro atoms. The van der Waals surface area contributed by atoms with E-state index < -0.39 is 10.0 Å². The first-order valence-corrected chi connectivity index (χ1v) is 7.66. The van der Waals surface area contributed by atoms with Crippen LogP contribution in [0, 0.1) is 6.92 Å². The van der Waals surface area contributed by atoms with Gasteiger partial charge in [0.1, 0.15) is 16.5 Å². The van der Waals surface area contributed by atoms with Crippen molar-refractivity contribution in [1.82, 2.24) is 4.98 Å². The van der Waals surface area contributed by atoms with Gasteiger partial charge < -0.3 is 10.5 Å². The second kappa shape index (κ2) is 5.61. The topological polar surface area (TPSA) is 85.5 Å². The third kappa shape index (κ3) is 2.78. The summed E-state index contributed by atoms with van der Waals surface area (Å²) in [4.78, 5) is 4.06. The van der Waals surface area contributed by atoms with Crippen LogP contribution < -0.4 is 14.8 Å². The minimum atomic E-state index is -3.81. The number of nitrogens with zero attached hydrogens (tertiary/aromatic N) is 2. The van der Waals surface area contributed by atoms with Crippen molar-refractivity contribution in [2.45, 2.75) is 11.8 Å². The summed E-state index contributed by atoms with van der Waals surface area (Å²) in [6, 6.07) is 8.06. The molecule has 0 aliphatic carbocycles. The van der Waals surface area contributed by atoms with E-state index in [-0.39, 0.29) is 10.6 Å². The number of methoxy groups -OCH3 is 1. The zero-order valence-electron chi connectivity index (χ0n) is 12.1. The van der Waals surface area contributed by atoms with Gasteiger partial charge in [0.25, 0.3) is 10.0 Å². The van der Waals surface area contributed by atoms with Crippen LogP contribution in [-0.2, 0) is 10.0 Å². The van der Waals surface area contributed by atoms with E-state index in [1.54, 1.807) is 31.2 Å². The molecule has 0 saturated carbocycles. The van der Waals surface area contributed by atoms with Crippen LogP contribution in [0.3, 0.4) is 0 Å². The Morgan fingerprint density at radius 1 is 1.29 bits per heavy atom. The summed E-state index contributed by atoms with van der Waals surface area (Å²) in [7, 11) is -0.949. The SMILES string of the molecule is COc1cc(C)c(N)cc1S(=O)(=O)N(C)c1ccccn1. The lowest BCUT2D eigenvalue weighted by molar-refractivity contribution is 0.402. The minimum absolute atomic E-state index is 0.0150. The molecule has 0 fully saturated rings. The number of sulfonamides is 1. The highest BCUT2D eigenvalue weighted by Crippen LogP contribution is 2.31. The number of nitrogen functional groups attached to an aromatic ring is 1. The molecule has 0 unspecified atom stereocenters. The molecule has 0 saturated heterocycles. The van der Waals surface area contributed by atoms with E-state index in [1.165, 1.54) is 26.4 Å². The number of hydrogen-bond donors (Lipinski definition) is 1. The van der Waals surface area contributed by atoms with Crippen LogP contribution in [0.4, 0.5) is 11.5 Å². The number of anilines is 2. The second-order valence-corrected chi connectivity index (χ2v) is 6.46. The molecule has 2 N–H and O–H groups in total. The van der Waals surface area contributed by atoms with Crippen LogP contribution in [0.5, 0.6) is 5.75 Å². The molecule has 0 amide bonds. The Balaban J connectivity index is 2.57.